The van der Waals surface area contributed by atoms with Gasteiger partial charge in [0.25, 0.3) is 0 Å². The van der Waals surface area contributed by atoms with E-state index in [9.17, 15) is 5.11 Å². The number of hydrogen-bond donors (Lipinski definition) is 1. The molecule has 0 heterocycles. The summed E-state index contributed by atoms with van der Waals surface area (Å²) in [4.78, 5) is 0. The van der Waals surface area contributed by atoms with E-state index in [1.165, 1.54) is 0 Å². The summed E-state index contributed by atoms with van der Waals surface area (Å²) in [7, 11) is 0. The lowest BCUT2D eigenvalue weighted by molar-refractivity contribution is 0.175. The molecule has 3 heteroatoms. The van der Waals surface area contributed by atoms with E-state index in [0.717, 1.165) is 29.8 Å². The molecule has 1 aliphatic rings. The minimum Gasteiger partial charge on any atom is -0.393 e. The molecule has 1 aliphatic carbocycles. The van der Waals surface area contributed by atoms with Crippen LogP contribution >= 0.6 is 23.2 Å². The molecule has 82 valence electrons. The molecule has 2 atom stereocenters. The average molecular weight is 245 g/mol. The third-order valence-corrected chi connectivity index (χ3v) is 3.86. The molecule has 0 aromatic heterocycles. The van der Waals surface area contributed by atoms with Gasteiger partial charge in [0.05, 0.1) is 6.10 Å². The first-order chi connectivity index (χ1) is 7.01. The smallest absolute Gasteiger partial charge is 0.0549 e. The maximum atomic E-state index is 9.61. The molecule has 0 bridgehead atoms. The molecule has 15 heavy (non-hydrogen) atoms. The second-order valence-electron chi connectivity index (χ2n) is 4.58. The number of benzene rings is 1. The Kier molecular flexibility index (Phi) is 2.98. The highest BCUT2D eigenvalue weighted by Gasteiger charge is 2.37. The third kappa shape index (κ3) is 2.15. The van der Waals surface area contributed by atoms with Crippen molar-refractivity contribution in [2.24, 2.45) is 0 Å². The van der Waals surface area contributed by atoms with Crippen LogP contribution < -0.4 is 0 Å². The van der Waals surface area contributed by atoms with Crippen LogP contribution in [0, 0.1) is 0 Å². The van der Waals surface area contributed by atoms with Gasteiger partial charge >= 0.3 is 0 Å². The molecule has 1 aromatic carbocycles. The van der Waals surface area contributed by atoms with E-state index >= 15 is 0 Å². The lowest BCUT2D eigenvalue weighted by Gasteiger charge is -2.25. The standard InChI is InChI=1S/C12H14Cl2O/c1-12(5-4-9(15)7-12)10-6-8(13)2-3-11(10)14/h2-3,6,9,15H,4-5,7H2,1H3. The minimum atomic E-state index is -0.204. The zero-order chi connectivity index (χ0) is 11.1. The van der Waals surface area contributed by atoms with Crippen LogP contribution in [-0.2, 0) is 5.41 Å². The largest absolute Gasteiger partial charge is 0.393 e. The summed E-state index contributed by atoms with van der Waals surface area (Å²) < 4.78 is 0. The lowest BCUT2D eigenvalue weighted by atomic mass is 9.81. The van der Waals surface area contributed by atoms with Gasteiger partial charge in [0, 0.05) is 10.0 Å². The molecule has 0 radical (unpaired) electrons. The van der Waals surface area contributed by atoms with Crippen LogP contribution in [-0.4, -0.2) is 11.2 Å². The molecule has 1 aromatic rings. The van der Waals surface area contributed by atoms with Gasteiger partial charge in [-0.15, -0.1) is 0 Å². The van der Waals surface area contributed by atoms with Gasteiger partial charge < -0.3 is 5.11 Å². The zero-order valence-corrected chi connectivity index (χ0v) is 10.1. The second kappa shape index (κ2) is 3.97. The fourth-order valence-corrected chi connectivity index (χ4v) is 2.93. The van der Waals surface area contributed by atoms with Crippen molar-refractivity contribution in [2.45, 2.75) is 37.7 Å². The second-order valence-corrected chi connectivity index (χ2v) is 5.43. The first-order valence-electron chi connectivity index (χ1n) is 5.15. The highest BCUT2D eigenvalue weighted by Crippen LogP contribution is 2.44. The Morgan fingerprint density at radius 3 is 2.73 bits per heavy atom. The predicted molar refractivity (Wildman–Crippen MR) is 63.7 cm³/mol. The fraction of sp³-hybridized carbons (Fsp3) is 0.500. The molecular weight excluding hydrogens is 231 g/mol. The average Bonchev–Trinajstić information content (AvgIpc) is 2.52. The minimum absolute atomic E-state index is 0.0264. The molecule has 0 amide bonds. The maximum Gasteiger partial charge on any atom is 0.0549 e. The van der Waals surface area contributed by atoms with Gasteiger partial charge in [0.1, 0.15) is 0 Å². The summed E-state index contributed by atoms with van der Waals surface area (Å²) in [6.45, 7) is 2.14. The number of aliphatic hydroxyl groups excluding tert-OH is 1. The Morgan fingerprint density at radius 1 is 1.40 bits per heavy atom. The van der Waals surface area contributed by atoms with Crippen LogP contribution in [0.15, 0.2) is 18.2 Å². The van der Waals surface area contributed by atoms with Crippen molar-refractivity contribution in [3.63, 3.8) is 0 Å². The Labute approximate surface area is 100 Å². The Hall–Kier alpha value is -0.240. The van der Waals surface area contributed by atoms with E-state index in [1.54, 1.807) is 6.07 Å². The van der Waals surface area contributed by atoms with Gasteiger partial charge in [-0.3, -0.25) is 0 Å². The van der Waals surface area contributed by atoms with Crippen molar-refractivity contribution in [3.8, 4) is 0 Å². The van der Waals surface area contributed by atoms with Crippen LogP contribution in [0.4, 0.5) is 0 Å². The van der Waals surface area contributed by atoms with Crippen molar-refractivity contribution in [2.75, 3.05) is 0 Å². The highest BCUT2D eigenvalue weighted by molar-refractivity contribution is 6.33. The molecule has 1 saturated carbocycles. The van der Waals surface area contributed by atoms with E-state index in [1.807, 2.05) is 12.1 Å². The molecule has 2 rings (SSSR count). The fourth-order valence-electron chi connectivity index (χ4n) is 2.41. The topological polar surface area (TPSA) is 20.2 Å². The summed E-state index contributed by atoms with van der Waals surface area (Å²) in [5, 5.41) is 11.1. The van der Waals surface area contributed by atoms with E-state index in [-0.39, 0.29) is 11.5 Å². The predicted octanol–water partition coefficient (Wildman–Crippen LogP) is 3.80. The SMILES string of the molecule is CC1(c2cc(Cl)ccc2Cl)CCC(O)C1. The Bertz CT molecular complexity index is 378. The lowest BCUT2D eigenvalue weighted by Crippen LogP contribution is -2.19. The van der Waals surface area contributed by atoms with Gasteiger partial charge in [-0.2, -0.15) is 0 Å². The normalized spacial score (nSPS) is 30.8. The van der Waals surface area contributed by atoms with Gasteiger partial charge in [0.15, 0.2) is 0 Å². The van der Waals surface area contributed by atoms with Crippen LogP contribution in [0.5, 0.6) is 0 Å². The molecule has 0 saturated heterocycles. The van der Waals surface area contributed by atoms with Crippen LogP contribution in [0.2, 0.25) is 10.0 Å². The summed E-state index contributed by atoms with van der Waals surface area (Å²) >= 11 is 12.1. The van der Waals surface area contributed by atoms with Gasteiger partial charge in [-0.05, 0) is 48.4 Å². The van der Waals surface area contributed by atoms with Gasteiger partial charge in [-0.1, -0.05) is 30.1 Å². The quantitative estimate of drug-likeness (QED) is 0.797. The number of hydrogen-bond acceptors (Lipinski definition) is 1. The van der Waals surface area contributed by atoms with Crippen molar-refractivity contribution >= 4 is 23.2 Å². The molecular formula is C12H14Cl2O. The van der Waals surface area contributed by atoms with Crippen LogP contribution in [0.1, 0.15) is 31.7 Å². The summed E-state index contributed by atoms with van der Waals surface area (Å²) in [6.07, 6.45) is 2.38. The van der Waals surface area contributed by atoms with Crippen molar-refractivity contribution < 1.29 is 5.11 Å². The zero-order valence-electron chi connectivity index (χ0n) is 8.63. The van der Waals surface area contributed by atoms with Gasteiger partial charge in [-0.25, -0.2) is 0 Å². The van der Waals surface area contributed by atoms with E-state index in [4.69, 9.17) is 23.2 Å². The molecule has 2 unspecified atom stereocenters. The summed E-state index contributed by atoms with van der Waals surface area (Å²) in [5.41, 5.74) is 1.04. The molecule has 0 spiro atoms. The number of halogens is 2. The molecule has 1 N–H and O–H groups in total. The maximum absolute atomic E-state index is 9.61. The van der Waals surface area contributed by atoms with Crippen molar-refractivity contribution in [1.29, 1.82) is 0 Å². The van der Waals surface area contributed by atoms with E-state index in [0.29, 0.717) is 5.02 Å². The van der Waals surface area contributed by atoms with Crippen LogP contribution in [0.25, 0.3) is 0 Å². The summed E-state index contributed by atoms with van der Waals surface area (Å²) in [6, 6.07) is 5.54. The first-order valence-corrected chi connectivity index (χ1v) is 5.90. The number of rotatable bonds is 1. The van der Waals surface area contributed by atoms with E-state index < -0.39 is 0 Å². The highest BCUT2D eigenvalue weighted by atomic mass is 35.5. The molecule has 1 nitrogen and oxygen atoms in total. The van der Waals surface area contributed by atoms with Crippen LogP contribution in [0.3, 0.4) is 0 Å². The third-order valence-electron chi connectivity index (χ3n) is 3.29. The molecule has 0 aliphatic heterocycles. The van der Waals surface area contributed by atoms with Crippen molar-refractivity contribution in [3.05, 3.63) is 33.8 Å². The molecule has 1 fully saturated rings. The van der Waals surface area contributed by atoms with Crippen molar-refractivity contribution in [1.82, 2.24) is 0 Å². The Balaban J connectivity index is 2.40. The first kappa shape index (κ1) is 11.3. The monoisotopic (exact) mass is 244 g/mol. The van der Waals surface area contributed by atoms with E-state index in [2.05, 4.69) is 6.92 Å². The number of aliphatic hydroxyl groups is 1. The summed E-state index contributed by atoms with van der Waals surface area (Å²) in [5.74, 6) is 0. The van der Waals surface area contributed by atoms with Gasteiger partial charge in [0.2, 0.25) is 0 Å². The Morgan fingerprint density at radius 2 is 2.13 bits per heavy atom.